The van der Waals surface area contributed by atoms with Crippen LogP contribution in [0.2, 0.25) is 0 Å². The van der Waals surface area contributed by atoms with Crippen LogP contribution in [0.25, 0.3) is 0 Å². The van der Waals surface area contributed by atoms with Gasteiger partial charge in [0.05, 0.1) is 4.90 Å². The van der Waals surface area contributed by atoms with E-state index >= 15 is 0 Å². The minimum atomic E-state index is -3.68. The predicted molar refractivity (Wildman–Crippen MR) is 121 cm³/mol. The number of nitrogens with one attached hydrogen (secondary N) is 4. The molecule has 0 atom stereocenters. The Morgan fingerprint density at radius 3 is 2.30 bits per heavy atom. The SMILES string of the molecule is O=C(CNC(=O)NCc1ccccc1)NNC(=O)c1cccc(S(=O)(=O)N2CCCCC2)c1. The molecule has 0 aliphatic carbocycles. The molecule has 176 valence electrons. The van der Waals surface area contributed by atoms with Gasteiger partial charge in [-0.1, -0.05) is 42.8 Å². The van der Waals surface area contributed by atoms with Crippen molar-refractivity contribution in [1.82, 2.24) is 25.8 Å². The molecule has 0 unspecified atom stereocenters. The molecule has 10 nitrogen and oxygen atoms in total. The number of hydrogen-bond donors (Lipinski definition) is 4. The first-order valence-corrected chi connectivity index (χ1v) is 12.1. The zero-order valence-corrected chi connectivity index (χ0v) is 18.9. The molecule has 3 rings (SSSR count). The second kappa shape index (κ2) is 11.4. The van der Waals surface area contributed by atoms with Crippen molar-refractivity contribution in [3.63, 3.8) is 0 Å². The van der Waals surface area contributed by atoms with Crippen molar-refractivity contribution >= 4 is 27.9 Å². The van der Waals surface area contributed by atoms with Gasteiger partial charge in [0.1, 0.15) is 6.54 Å². The number of hydrogen-bond acceptors (Lipinski definition) is 5. The first-order valence-electron chi connectivity index (χ1n) is 10.6. The van der Waals surface area contributed by atoms with Crippen LogP contribution in [0.1, 0.15) is 35.2 Å². The molecule has 0 spiro atoms. The fourth-order valence-electron chi connectivity index (χ4n) is 3.30. The maximum Gasteiger partial charge on any atom is 0.315 e. The Morgan fingerprint density at radius 2 is 1.58 bits per heavy atom. The van der Waals surface area contributed by atoms with Gasteiger partial charge >= 0.3 is 6.03 Å². The van der Waals surface area contributed by atoms with Gasteiger partial charge in [0.2, 0.25) is 10.0 Å². The van der Waals surface area contributed by atoms with Crippen LogP contribution >= 0.6 is 0 Å². The third-order valence-corrected chi connectivity index (χ3v) is 6.96. The second-order valence-electron chi connectivity index (χ2n) is 7.52. The van der Waals surface area contributed by atoms with Crippen LogP contribution in [0.4, 0.5) is 4.79 Å². The van der Waals surface area contributed by atoms with Crippen LogP contribution in [0, 0.1) is 0 Å². The molecule has 2 aromatic carbocycles. The second-order valence-corrected chi connectivity index (χ2v) is 9.45. The molecule has 0 bridgehead atoms. The summed E-state index contributed by atoms with van der Waals surface area (Å²) in [5, 5.41) is 5.00. The van der Waals surface area contributed by atoms with Gasteiger partial charge in [0, 0.05) is 25.2 Å². The van der Waals surface area contributed by atoms with Crippen molar-refractivity contribution in [3.8, 4) is 0 Å². The van der Waals surface area contributed by atoms with Crippen LogP contribution in [0.3, 0.4) is 0 Å². The molecule has 0 saturated carbocycles. The standard InChI is InChI=1S/C22H27N5O5S/c28-20(16-24-22(30)23-15-17-8-3-1-4-9-17)25-26-21(29)18-10-7-11-19(14-18)33(31,32)27-12-5-2-6-13-27/h1,3-4,7-11,14H,2,5-6,12-13,15-16H2,(H,25,28)(H,26,29)(H2,23,24,30). The van der Waals surface area contributed by atoms with Gasteiger partial charge in [-0.2, -0.15) is 4.31 Å². The van der Waals surface area contributed by atoms with E-state index in [4.69, 9.17) is 0 Å². The normalized spacial score (nSPS) is 14.2. The molecule has 4 amide bonds. The van der Waals surface area contributed by atoms with Crippen molar-refractivity contribution in [3.05, 3.63) is 65.7 Å². The lowest BCUT2D eigenvalue weighted by Gasteiger charge is -2.26. The van der Waals surface area contributed by atoms with Gasteiger partial charge in [-0.05, 0) is 36.6 Å². The van der Waals surface area contributed by atoms with Gasteiger partial charge in [0.25, 0.3) is 11.8 Å². The molecule has 11 heteroatoms. The lowest BCUT2D eigenvalue weighted by atomic mass is 10.2. The molecule has 0 aromatic heterocycles. The summed E-state index contributed by atoms with van der Waals surface area (Å²) in [4.78, 5) is 36.1. The Labute approximate surface area is 192 Å². The predicted octanol–water partition coefficient (Wildman–Crippen LogP) is 1.12. The fourth-order valence-corrected chi connectivity index (χ4v) is 4.86. The van der Waals surface area contributed by atoms with Crippen LogP contribution < -0.4 is 21.5 Å². The zero-order valence-electron chi connectivity index (χ0n) is 18.0. The highest BCUT2D eigenvalue weighted by molar-refractivity contribution is 7.89. The molecule has 33 heavy (non-hydrogen) atoms. The van der Waals surface area contributed by atoms with Crippen molar-refractivity contribution in [2.24, 2.45) is 0 Å². The number of urea groups is 1. The highest BCUT2D eigenvalue weighted by atomic mass is 32.2. The summed E-state index contributed by atoms with van der Waals surface area (Å²) in [5.41, 5.74) is 5.41. The molecular weight excluding hydrogens is 446 g/mol. The summed E-state index contributed by atoms with van der Waals surface area (Å²) < 4.78 is 27.0. The molecule has 1 heterocycles. The molecule has 1 saturated heterocycles. The van der Waals surface area contributed by atoms with Gasteiger partial charge in [-0.25, -0.2) is 13.2 Å². The highest BCUT2D eigenvalue weighted by Gasteiger charge is 2.26. The number of hydrazine groups is 1. The van der Waals surface area contributed by atoms with Gasteiger partial charge < -0.3 is 10.6 Å². The zero-order chi connectivity index (χ0) is 23.7. The molecule has 1 aliphatic heterocycles. The Bertz CT molecular complexity index is 1090. The third-order valence-electron chi connectivity index (χ3n) is 5.07. The quantitative estimate of drug-likeness (QED) is 0.447. The monoisotopic (exact) mass is 473 g/mol. The first kappa shape index (κ1) is 24.2. The molecule has 4 N–H and O–H groups in total. The molecule has 1 fully saturated rings. The molecule has 1 aliphatic rings. The van der Waals surface area contributed by atoms with E-state index < -0.39 is 27.9 Å². The summed E-state index contributed by atoms with van der Waals surface area (Å²) >= 11 is 0. The summed E-state index contributed by atoms with van der Waals surface area (Å²) in [7, 11) is -3.68. The van der Waals surface area contributed by atoms with E-state index in [1.165, 1.54) is 28.6 Å². The van der Waals surface area contributed by atoms with E-state index in [-0.39, 0.29) is 17.0 Å². The van der Waals surface area contributed by atoms with Gasteiger partial charge in [-0.15, -0.1) is 0 Å². The minimum absolute atomic E-state index is 0.0279. The van der Waals surface area contributed by atoms with E-state index in [0.29, 0.717) is 19.6 Å². The number of carbonyl (C=O) groups is 3. The van der Waals surface area contributed by atoms with Gasteiger partial charge in [-0.3, -0.25) is 20.4 Å². The summed E-state index contributed by atoms with van der Waals surface area (Å²) in [6.07, 6.45) is 2.62. The summed E-state index contributed by atoms with van der Waals surface area (Å²) in [5.74, 6) is -1.32. The van der Waals surface area contributed by atoms with Crippen molar-refractivity contribution in [2.45, 2.75) is 30.7 Å². The van der Waals surface area contributed by atoms with E-state index in [0.717, 1.165) is 24.8 Å². The van der Waals surface area contributed by atoms with E-state index in [1.54, 1.807) is 0 Å². The summed E-state index contributed by atoms with van der Waals surface area (Å²) in [6.45, 7) is 0.869. The Hall–Kier alpha value is -3.44. The fraction of sp³-hybridized carbons (Fsp3) is 0.318. The van der Waals surface area contributed by atoms with Gasteiger partial charge in [0.15, 0.2) is 0 Å². The van der Waals surface area contributed by atoms with Crippen molar-refractivity contribution in [1.29, 1.82) is 0 Å². The number of amides is 4. The molecule has 0 radical (unpaired) electrons. The third kappa shape index (κ3) is 7.02. The molecular formula is C22H27N5O5S. The van der Waals surface area contributed by atoms with Crippen LogP contribution in [0.15, 0.2) is 59.5 Å². The number of rotatable bonds is 7. The lowest BCUT2D eigenvalue weighted by Crippen LogP contribution is -2.47. The summed E-state index contributed by atoms with van der Waals surface area (Å²) in [6, 6.07) is 14.4. The molecule has 2 aromatic rings. The number of carbonyl (C=O) groups excluding carboxylic acids is 3. The Kier molecular flexibility index (Phi) is 8.39. The Balaban J connectivity index is 1.45. The maximum absolute atomic E-state index is 12.8. The minimum Gasteiger partial charge on any atom is -0.334 e. The number of sulfonamides is 1. The van der Waals surface area contributed by atoms with E-state index in [9.17, 15) is 22.8 Å². The number of piperidine rings is 1. The van der Waals surface area contributed by atoms with Crippen molar-refractivity contribution in [2.75, 3.05) is 19.6 Å². The average Bonchev–Trinajstić information content (AvgIpc) is 2.86. The van der Waals surface area contributed by atoms with Crippen LogP contribution in [-0.4, -0.2) is 50.2 Å². The largest absolute Gasteiger partial charge is 0.334 e. The lowest BCUT2D eigenvalue weighted by molar-refractivity contribution is -0.120. The smallest absolute Gasteiger partial charge is 0.315 e. The highest BCUT2D eigenvalue weighted by Crippen LogP contribution is 2.21. The topological polar surface area (TPSA) is 137 Å². The number of benzene rings is 2. The van der Waals surface area contributed by atoms with E-state index in [2.05, 4.69) is 21.5 Å². The Morgan fingerprint density at radius 1 is 0.848 bits per heavy atom. The maximum atomic E-state index is 12.8. The number of nitrogens with zero attached hydrogens (tertiary/aromatic N) is 1. The van der Waals surface area contributed by atoms with E-state index in [1.807, 2.05) is 30.3 Å². The first-order chi connectivity index (χ1) is 15.9. The van der Waals surface area contributed by atoms with Crippen LogP contribution in [0.5, 0.6) is 0 Å². The van der Waals surface area contributed by atoms with Crippen molar-refractivity contribution < 1.29 is 22.8 Å². The van der Waals surface area contributed by atoms with Crippen LogP contribution in [-0.2, 0) is 21.4 Å². The average molecular weight is 474 g/mol.